The van der Waals surface area contributed by atoms with Gasteiger partial charge in [0, 0.05) is 33.2 Å². The van der Waals surface area contributed by atoms with E-state index in [2.05, 4.69) is 29.5 Å². The van der Waals surface area contributed by atoms with E-state index in [9.17, 15) is 8.42 Å². The van der Waals surface area contributed by atoms with Gasteiger partial charge in [0.1, 0.15) is 0 Å². The highest BCUT2D eigenvalue weighted by atomic mass is 127. The normalized spacial score (nSPS) is 12.4. The lowest BCUT2D eigenvalue weighted by Crippen LogP contribution is -2.42. The van der Waals surface area contributed by atoms with E-state index >= 15 is 0 Å². The van der Waals surface area contributed by atoms with Crippen molar-refractivity contribution in [1.82, 2.24) is 14.9 Å². The van der Waals surface area contributed by atoms with Gasteiger partial charge >= 0.3 is 0 Å². The molecule has 0 aromatic heterocycles. The van der Waals surface area contributed by atoms with E-state index in [4.69, 9.17) is 0 Å². The van der Waals surface area contributed by atoms with Gasteiger partial charge in [-0.1, -0.05) is 40.5 Å². The van der Waals surface area contributed by atoms with Crippen LogP contribution in [0.15, 0.2) is 4.99 Å². The molecule has 0 unspecified atom stereocenters. The molecule has 140 valence electrons. The van der Waals surface area contributed by atoms with E-state index < -0.39 is 10.0 Å². The van der Waals surface area contributed by atoms with Crippen LogP contribution in [0.1, 0.15) is 47.0 Å². The van der Waals surface area contributed by atoms with Gasteiger partial charge in [0.05, 0.1) is 5.75 Å². The number of nitrogens with one attached hydrogen (secondary N) is 2. The van der Waals surface area contributed by atoms with E-state index in [1.807, 2.05) is 13.8 Å². The largest absolute Gasteiger partial charge is 0.356 e. The third-order valence-corrected chi connectivity index (χ3v) is 5.50. The molecule has 0 aromatic carbocycles. The van der Waals surface area contributed by atoms with Crippen LogP contribution in [0.2, 0.25) is 0 Å². The molecule has 0 aliphatic carbocycles. The number of aliphatic imine (C=N–C) groups is 1. The summed E-state index contributed by atoms with van der Waals surface area (Å²) in [7, 11) is -1.48. The van der Waals surface area contributed by atoms with Crippen LogP contribution < -0.4 is 10.6 Å². The predicted molar refractivity (Wildman–Crippen MR) is 110 cm³/mol. The molecule has 23 heavy (non-hydrogen) atoms. The standard InChI is InChI=1S/C15H34N4O2S.HI/c1-6-19(7-2)22(20,21)13-12-18-15(16-5)17-11-9-8-10-14(3)4;/h14H,6-13H2,1-5H3,(H2,16,17,18);1H. The molecule has 0 amide bonds. The van der Waals surface area contributed by atoms with E-state index in [1.54, 1.807) is 7.05 Å². The van der Waals surface area contributed by atoms with Gasteiger partial charge in [-0.2, -0.15) is 0 Å². The summed E-state index contributed by atoms with van der Waals surface area (Å²) in [6.45, 7) is 10.4. The fourth-order valence-corrected chi connectivity index (χ4v) is 3.55. The van der Waals surface area contributed by atoms with Crippen molar-refractivity contribution in [3.63, 3.8) is 0 Å². The minimum absolute atomic E-state index is 0. The van der Waals surface area contributed by atoms with Crippen molar-refractivity contribution in [2.75, 3.05) is 39.0 Å². The Labute approximate surface area is 160 Å². The second-order valence-electron chi connectivity index (χ2n) is 5.72. The van der Waals surface area contributed by atoms with Crippen molar-refractivity contribution in [3.8, 4) is 0 Å². The minimum atomic E-state index is -3.18. The molecule has 0 aliphatic rings. The second-order valence-corrected chi connectivity index (χ2v) is 7.80. The first-order valence-corrected chi connectivity index (χ1v) is 9.90. The van der Waals surface area contributed by atoms with Gasteiger partial charge in [-0.3, -0.25) is 4.99 Å². The van der Waals surface area contributed by atoms with Crippen LogP contribution in [0.25, 0.3) is 0 Å². The summed E-state index contributed by atoms with van der Waals surface area (Å²) in [4.78, 5) is 4.11. The van der Waals surface area contributed by atoms with Crippen LogP contribution in [0, 0.1) is 5.92 Å². The Morgan fingerprint density at radius 2 is 1.65 bits per heavy atom. The fourth-order valence-electron chi connectivity index (χ4n) is 2.15. The van der Waals surface area contributed by atoms with Crippen molar-refractivity contribution >= 4 is 40.0 Å². The lowest BCUT2D eigenvalue weighted by Gasteiger charge is -2.19. The lowest BCUT2D eigenvalue weighted by atomic mass is 10.1. The summed E-state index contributed by atoms with van der Waals surface area (Å²) >= 11 is 0. The van der Waals surface area contributed by atoms with Gasteiger partial charge < -0.3 is 10.6 Å². The highest BCUT2D eigenvalue weighted by molar-refractivity contribution is 14.0. The average molecular weight is 462 g/mol. The zero-order chi connectivity index (χ0) is 17.0. The third-order valence-electron chi connectivity index (χ3n) is 3.48. The van der Waals surface area contributed by atoms with Crippen molar-refractivity contribution in [3.05, 3.63) is 0 Å². The molecule has 0 bridgehead atoms. The van der Waals surface area contributed by atoms with Gasteiger partial charge in [0.25, 0.3) is 0 Å². The second kappa shape index (κ2) is 14.3. The summed E-state index contributed by atoms with van der Waals surface area (Å²) < 4.78 is 25.6. The molecule has 0 radical (unpaired) electrons. The zero-order valence-corrected chi connectivity index (χ0v) is 18.4. The van der Waals surface area contributed by atoms with Crippen LogP contribution in [0.5, 0.6) is 0 Å². The first-order chi connectivity index (χ1) is 10.4. The number of nitrogens with zero attached hydrogens (tertiary/aromatic N) is 2. The molecule has 0 aromatic rings. The Morgan fingerprint density at radius 1 is 1.09 bits per heavy atom. The van der Waals surface area contributed by atoms with Crippen molar-refractivity contribution in [1.29, 1.82) is 0 Å². The smallest absolute Gasteiger partial charge is 0.215 e. The zero-order valence-electron chi connectivity index (χ0n) is 15.3. The van der Waals surface area contributed by atoms with Gasteiger partial charge in [0.15, 0.2) is 5.96 Å². The highest BCUT2D eigenvalue weighted by Crippen LogP contribution is 2.05. The number of sulfonamides is 1. The van der Waals surface area contributed by atoms with Crippen molar-refractivity contribution < 1.29 is 8.42 Å². The molecule has 8 heteroatoms. The molecule has 6 nitrogen and oxygen atoms in total. The van der Waals surface area contributed by atoms with Crippen molar-refractivity contribution in [2.24, 2.45) is 10.9 Å². The Balaban J connectivity index is 0. The van der Waals surface area contributed by atoms with Crippen LogP contribution in [-0.2, 0) is 10.0 Å². The lowest BCUT2D eigenvalue weighted by molar-refractivity contribution is 0.445. The number of hydrogen-bond donors (Lipinski definition) is 2. The predicted octanol–water partition coefficient (Wildman–Crippen LogP) is 2.27. The molecular formula is C15H35IN4O2S. The Kier molecular flexibility index (Phi) is 15.6. The van der Waals surface area contributed by atoms with Crippen LogP contribution in [0.4, 0.5) is 0 Å². The molecule has 0 aliphatic heterocycles. The fraction of sp³-hybridized carbons (Fsp3) is 0.933. The summed E-state index contributed by atoms with van der Waals surface area (Å²) in [5.74, 6) is 1.49. The van der Waals surface area contributed by atoms with Gasteiger partial charge in [0.2, 0.25) is 10.0 Å². The first-order valence-electron chi connectivity index (χ1n) is 8.29. The van der Waals surface area contributed by atoms with Gasteiger partial charge in [-0.05, 0) is 12.3 Å². The number of halogens is 1. The summed E-state index contributed by atoms with van der Waals surface area (Å²) in [6, 6.07) is 0. The maximum absolute atomic E-state index is 12.1. The van der Waals surface area contributed by atoms with Crippen LogP contribution in [-0.4, -0.2) is 57.7 Å². The van der Waals surface area contributed by atoms with E-state index in [1.165, 1.54) is 17.1 Å². The molecule has 0 spiro atoms. The van der Waals surface area contributed by atoms with Crippen LogP contribution >= 0.6 is 24.0 Å². The van der Waals surface area contributed by atoms with Gasteiger partial charge in [-0.25, -0.2) is 12.7 Å². The Morgan fingerprint density at radius 3 is 2.13 bits per heavy atom. The molecule has 0 saturated carbocycles. The molecule has 0 fully saturated rings. The van der Waals surface area contributed by atoms with E-state index in [0.717, 1.165) is 18.9 Å². The van der Waals surface area contributed by atoms with E-state index in [0.29, 0.717) is 25.6 Å². The molecular weight excluding hydrogens is 427 g/mol. The van der Waals surface area contributed by atoms with Crippen molar-refractivity contribution in [2.45, 2.75) is 47.0 Å². The topological polar surface area (TPSA) is 73.8 Å². The summed E-state index contributed by atoms with van der Waals surface area (Å²) in [6.07, 6.45) is 3.52. The number of guanidine groups is 1. The maximum Gasteiger partial charge on any atom is 0.215 e. The van der Waals surface area contributed by atoms with E-state index in [-0.39, 0.29) is 29.7 Å². The SMILES string of the molecule is CCN(CC)S(=O)(=O)CCNC(=NC)NCCCCC(C)C.I. The van der Waals surface area contributed by atoms with Gasteiger partial charge in [-0.15, -0.1) is 24.0 Å². The molecule has 2 N–H and O–H groups in total. The minimum Gasteiger partial charge on any atom is -0.356 e. The number of unbranched alkanes of at least 4 members (excludes halogenated alkanes) is 1. The molecule has 0 rings (SSSR count). The third kappa shape index (κ3) is 12.0. The van der Waals surface area contributed by atoms with Crippen LogP contribution in [0.3, 0.4) is 0 Å². The molecule has 0 saturated heterocycles. The number of rotatable bonds is 11. The highest BCUT2D eigenvalue weighted by Gasteiger charge is 2.18. The maximum atomic E-state index is 12.1. The molecule has 0 heterocycles. The Hall–Kier alpha value is -0.0900. The first kappa shape index (κ1) is 25.2. The average Bonchev–Trinajstić information content (AvgIpc) is 2.45. The number of hydrogen-bond acceptors (Lipinski definition) is 3. The summed E-state index contributed by atoms with van der Waals surface area (Å²) in [5, 5.41) is 6.28. The Bertz CT molecular complexity index is 410. The summed E-state index contributed by atoms with van der Waals surface area (Å²) in [5.41, 5.74) is 0. The monoisotopic (exact) mass is 462 g/mol. The molecule has 0 atom stereocenters. The quantitative estimate of drug-likeness (QED) is 0.214.